The molecule has 2 nitrogen and oxygen atoms in total. The Labute approximate surface area is 101 Å². The third-order valence-corrected chi connectivity index (χ3v) is 3.98. The Bertz CT molecular complexity index is 197. The van der Waals surface area contributed by atoms with Gasteiger partial charge in [-0.15, -0.1) is 0 Å². The van der Waals surface area contributed by atoms with Crippen molar-refractivity contribution >= 4 is 0 Å². The van der Waals surface area contributed by atoms with Gasteiger partial charge in [0.05, 0.1) is 11.7 Å². The average molecular weight is 227 g/mol. The minimum absolute atomic E-state index is 0.102. The monoisotopic (exact) mass is 227 g/mol. The lowest BCUT2D eigenvalue weighted by Crippen LogP contribution is -2.38. The molecule has 96 valence electrons. The van der Waals surface area contributed by atoms with Crippen LogP contribution >= 0.6 is 0 Å². The molecule has 0 spiro atoms. The standard InChI is InChI=1S/C14H29NO/c1-6-12(7-2)11(3)15-10-13-8-9-14(4,5)16-13/h11-13,15H,6-10H2,1-5H3. The minimum atomic E-state index is 0.102. The Hall–Kier alpha value is -0.0800. The van der Waals surface area contributed by atoms with Crippen molar-refractivity contribution in [2.45, 2.75) is 78.0 Å². The van der Waals surface area contributed by atoms with Gasteiger partial charge in [0.25, 0.3) is 0 Å². The molecule has 0 bridgehead atoms. The molecule has 1 heterocycles. The van der Waals surface area contributed by atoms with Crippen molar-refractivity contribution in [3.63, 3.8) is 0 Å². The Morgan fingerprint density at radius 1 is 1.31 bits per heavy atom. The summed E-state index contributed by atoms with van der Waals surface area (Å²) in [5, 5.41) is 3.64. The number of nitrogens with one attached hydrogen (secondary N) is 1. The highest BCUT2D eigenvalue weighted by molar-refractivity contribution is 4.83. The molecular weight excluding hydrogens is 198 g/mol. The fourth-order valence-electron chi connectivity index (χ4n) is 2.70. The summed E-state index contributed by atoms with van der Waals surface area (Å²) < 4.78 is 5.98. The smallest absolute Gasteiger partial charge is 0.0707 e. The molecule has 0 saturated carbocycles. The van der Waals surface area contributed by atoms with E-state index < -0.39 is 0 Å². The first kappa shape index (κ1) is 14.0. The first-order chi connectivity index (χ1) is 7.48. The molecule has 1 rings (SSSR count). The highest BCUT2D eigenvalue weighted by Gasteiger charge is 2.31. The third-order valence-electron chi connectivity index (χ3n) is 3.98. The van der Waals surface area contributed by atoms with Gasteiger partial charge in [-0.25, -0.2) is 0 Å². The molecule has 0 radical (unpaired) electrons. The van der Waals surface area contributed by atoms with Crippen LogP contribution in [0, 0.1) is 5.92 Å². The first-order valence-corrected chi connectivity index (χ1v) is 6.89. The van der Waals surface area contributed by atoms with Crippen molar-refractivity contribution in [1.82, 2.24) is 5.32 Å². The molecule has 2 unspecified atom stereocenters. The molecule has 1 fully saturated rings. The van der Waals surface area contributed by atoms with Crippen molar-refractivity contribution < 1.29 is 4.74 Å². The predicted octanol–water partition coefficient (Wildman–Crippen LogP) is 3.36. The van der Waals surface area contributed by atoms with Gasteiger partial charge >= 0.3 is 0 Å². The van der Waals surface area contributed by atoms with Gasteiger partial charge in [-0.05, 0) is 39.5 Å². The van der Waals surface area contributed by atoms with Crippen LogP contribution in [0.15, 0.2) is 0 Å². The van der Waals surface area contributed by atoms with Gasteiger partial charge in [0, 0.05) is 12.6 Å². The van der Waals surface area contributed by atoms with Crippen LogP contribution in [0.1, 0.15) is 60.3 Å². The van der Waals surface area contributed by atoms with E-state index in [0.29, 0.717) is 12.1 Å². The summed E-state index contributed by atoms with van der Waals surface area (Å²) in [6, 6.07) is 0.613. The van der Waals surface area contributed by atoms with Crippen LogP contribution < -0.4 is 5.32 Å². The molecule has 2 atom stereocenters. The van der Waals surface area contributed by atoms with E-state index in [1.165, 1.54) is 25.7 Å². The number of hydrogen-bond donors (Lipinski definition) is 1. The lowest BCUT2D eigenvalue weighted by Gasteiger charge is -2.25. The van der Waals surface area contributed by atoms with E-state index in [-0.39, 0.29) is 5.60 Å². The molecule has 1 N–H and O–H groups in total. The second-order valence-corrected chi connectivity index (χ2v) is 5.81. The van der Waals surface area contributed by atoms with E-state index in [1.807, 2.05) is 0 Å². The normalized spacial score (nSPS) is 26.2. The first-order valence-electron chi connectivity index (χ1n) is 6.89. The number of ether oxygens (including phenoxy) is 1. The molecule has 16 heavy (non-hydrogen) atoms. The lowest BCUT2D eigenvalue weighted by atomic mass is 9.95. The molecule has 0 aliphatic carbocycles. The highest BCUT2D eigenvalue weighted by Crippen LogP contribution is 2.29. The van der Waals surface area contributed by atoms with Crippen molar-refractivity contribution in [2.75, 3.05) is 6.54 Å². The van der Waals surface area contributed by atoms with Crippen molar-refractivity contribution in [3.8, 4) is 0 Å². The van der Waals surface area contributed by atoms with E-state index in [9.17, 15) is 0 Å². The fourth-order valence-corrected chi connectivity index (χ4v) is 2.70. The summed E-state index contributed by atoms with van der Waals surface area (Å²) in [6.07, 6.45) is 5.35. The Balaban J connectivity index is 2.24. The maximum Gasteiger partial charge on any atom is 0.0707 e. The van der Waals surface area contributed by atoms with Crippen LogP contribution in [-0.4, -0.2) is 24.3 Å². The molecule has 1 aliphatic heterocycles. The van der Waals surface area contributed by atoms with Crippen LogP contribution in [0.5, 0.6) is 0 Å². The van der Waals surface area contributed by atoms with E-state index in [2.05, 4.69) is 39.9 Å². The summed E-state index contributed by atoms with van der Waals surface area (Å²) in [5.74, 6) is 0.800. The molecule has 0 aromatic heterocycles. The van der Waals surface area contributed by atoms with Crippen LogP contribution in [0.25, 0.3) is 0 Å². The van der Waals surface area contributed by atoms with Crippen molar-refractivity contribution in [2.24, 2.45) is 5.92 Å². The van der Waals surface area contributed by atoms with Gasteiger partial charge < -0.3 is 10.1 Å². The molecule has 1 aliphatic rings. The third kappa shape index (κ3) is 4.06. The SMILES string of the molecule is CCC(CC)C(C)NCC1CCC(C)(C)O1. The second kappa shape index (κ2) is 6.02. The van der Waals surface area contributed by atoms with E-state index in [1.54, 1.807) is 0 Å². The maximum atomic E-state index is 5.98. The van der Waals surface area contributed by atoms with E-state index in [4.69, 9.17) is 4.74 Å². The molecule has 2 heteroatoms. The quantitative estimate of drug-likeness (QED) is 0.751. The van der Waals surface area contributed by atoms with Gasteiger partial charge in [0.15, 0.2) is 0 Å². The summed E-state index contributed by atoms with van der Waals surface area (Å²) in [5.41, 5.74) is 0.102. The van der Waals surface area contributed by atoms with Gasteiger partial charge in [-0.1, -0.05) is 26.7 Å². The summed E-state index contributed by atoms with van der Waals surface area (Å²) in [4.78, 5) is 0. The summed E-state index contributed by atoms with van der Waals surface area (Å²) >= 11 is 0. The summed E-state index contributed by atoms with van der Waals surface area (Å²) in [7, 11) is 0. The van der Waals surface area contributed by atoms with Crippen molar-refractivity contribution in [3.05, 3.63) is 0 Å². The van der Waals surface area contributed by atoms with Gasteiger partial charge in [-0.3, -0.25) is 0 Å². The Morgan fingerprint density at radius 3 is 2.38 bits per heavy atom. The van der Waals surface area contributed by atoms with Gasteiger partial charge in [0.2, 0.25) is 0 Å². The fraction of sp³-hybridized carbons (Fsp3) is 1.00. The largest absolute Gasteiger partial charge is 0.371 e. The second-order valence-electron chi connectivity index (χ2n) is 5.81. The molecule has 1 saturated heterocycles. The highest BCUT2D eigenvalue weighted by atomic mass is 16.5. The zero-order chi connectivity index (χ0) is 12.2. The molecule has 0 aromatic rings. The Morgan fingerprint density at radius 2 is 1.94 bits per heavy atom. The van der Waals surface area contributed by atoms with Crippen molar-refractivity contribution in [1.29, 1.82) is 0 Å². The average Bonchev–Trinajstić information content (AvgIpc) is 2.57. The number of rotatable bonds is 6. The van der Waals surface area contributed by atoms with E-state index >= 15 is 0 Å². The van der Waals surface area contributed by atoms with Crippen LogP contribution in [0.2, 0.25) is 0 Å². The van der Waals surface area contributed by atoms with Gasteiger partial charge in [0.1, 0.15) is 0 Å². The molecule has 0 aromatic carbocycles. The number of hydrogen-bond acceptors (Lipinski definition) is 2. The van der Waals surface area contributed by atoms with E-state index in [0.717, 1.165) is 12.5 Å². The zero-order valence-electron chi connectivity index (χ0n) is 11.7. The summed E-state index contributed by atoms with van der Waals surface area (Å²) in [6.45, 7) is 12.3. The maximum absolute atomic E-state index is 5.98. The Kier molecular flexibility index (Phi) is 5.26. The lowest BCUT2D eigenvalue weighted by molar-refractivity contribution is -0.0156. The predicted molar refractivity (Wildman–Crippen MR) is 69.7 cm³/mol. The van der Waals surface area contributed by atoms with Crippen LogP contribution in [0.4, 0.5) is 0 Å². The topological polar surface area (TPSA) is 21.3 Å². The van der Waals surface area contributed by atoms with Gasteiger partial charge in [-0.2, -0.15) is 0 Å². The molecular formula is C14H29NO. The zero-order valence-corrected chi connectivity index (χ0v) is 11.7. The minimum Gasteiger partial charge on any atom is -0.371 e. The van der Waals surface area contributed by atoms with Crippen LogP contribution in [-0.2, 0) is 4.74 Å². The molecule has 0 amide bonds. The van der Waals surface area contributed by atoms with Crippen LogP contribution in [0.3, 0.4) is 0 Å².